The Morgan fingerprint density at radius 3 is 1.34 bits per heavy atom. The predicted octanol–water partition coefficient (Wildman–Crippen LogP) is 14.4. The average molecular weight is 894 g/mol. The molecule has 362 valence electrons. The number of allylic oxidation sites excluding steroid dienone is 8. The molecule has 0 heterocycles. The first-order chi connectivity index (χ1) is 30.0. The van der Waals surface area contributed by atoms with E-state index in [0.717, 1.165) is 38.5 Å². The number of likely N-dealkylation sites (N-methyl/N-ethyl adjacent to an activating group) is 1. The lowest BCUT2D eigenvalue weighted by Crippen LogP contribution is -2.37. The zero-order valence-electron chi connectivity index (χ0n) is 40.8. The maximum atomic E-state index is 12.7. The Balaban J connectivity index is 4.36. The van der Waals surface area contributed by atoms with E-state index in [4.69, 9.17) is 18.5 Å². The van der Waals surface area contributed by atoms with Crippen LogP contribution in [0.4, 0.5) is 0 Å². The molecular formula is C52H96NO8P. The zero-order valence-corrected chi connectivity index (χ0v) is 41.7. The van der Waals surface area contributed by atoms with Crippen LogP contribution in [0.1, 0.15) is 219 Å². The molecule has 0 saturated heterocycles. The minimum Gasteiger partial charge on any atom is -0.756 e. The van der Waals surface area contributed by atoms with Crippen molar-refractivity contribution in [1.82, 2.24) is 0 Å². The number of esters is 2. The fourth-order valence-corrected chi connectivity index (χ4v) is 7.61. The lowest BCUT2D eigenvalue weighted by atomic mass is 10.0. The molecule has 0 radical (unpaired) electrons. The second-order valence-corrected chi connectivity index (χ2v) is 19.6. The molecule has 0 aliphatic rings. The lowest BCUT2D eigenvalue weighted by Gasteiger charge is -2.28. The van der Waals surface area contributed by atoms with Crippen LogP contribution in [0.25, 0.3) is 0 Å². The summed E-state index contributed by atoms with van der Waals surface area (Å²) >= 11 is 0. The van der Waals surface area contributed by atoms with Crippen molar-refractivity contribution in [1.29, 1.82) is 0 Å². The van der Waals surface area contributed by atoms with Gasteiger partial charge in [-0.05, 0) is 51.4 Å². The molecule has 1 unspecified atom stereocenters. The SMILES string of the molecule is CCCCCCCCC/C=C/C/C=C/C/C=C/C/C=C/CCCC(=O)O[C@H](COC(=O)CCCCCCCCCCCCCCCCCCC)COP(=O)([O-])OCC[N+](C)(C)C. The zero-order chi connectivity index (χ0) is 45.7. The smallest absolute Gasteiger partial charge is 0.306 e. The molecule has 0 aliphatic carbocycles. The minimum atomic E-state index is -4.64. The summed E-state index contributed by atoms with van der Waals surface area (Å²) < 4.78 is 34.0. The van der Waals surface area contributed by atoms with E-state index in [2.05, 4.69) is 56.4 Å². The molecule has 0 aromatic rings. The molecule has 0 amide bonds. The number of phosphoric ester groups is 1. The summed E-state index contributed by atoms with van der Waals surface area (Å²) in [5, 5.41) is 0. The fraction of sp³-hybridized carbons (Fsp3) is 0.808. The fourth-order valence-electron chi connectivity index (χ4n) is 6.88. The number of carbonyl (C=O) groups is 2. The number of rotatable bonds is 46. The summed E-state index contributed by atoms with van der Waals surface area (Å²) in [6, 6.07) is 0. The molecule has 2 atom stereocenters. The Kier molecular flexibility index (Phi) is 42.7. The van der Waals surface area contributed by atoms with E-state index < -0.39 is 32.5 Å². The molecule has 0 saturated carbocycles. The van der Waals surface area contributed by atoms with Gasteiger partial charge in [-0.2, -0.15) is 0 Å². The summed E-state index contributed by atoms with van der Waals surface area (Å²) in [5.74, 6) is -0.893. The second kappa shape index (κ2) is 44.2. The number of quaternary nitrogens is 1. The number of carbonyl (C=O) groups excluding carboxylic acids is 2. The Hall–Kier alpha value is -2.03. The third-order valence-corrected chi connectivity index (χ3v) is 11.8. The van der Waals surface area contributed by atoms with Gasteiger partial charge in [-0.15, -0.1) is 0 Å². The van der Waals surface area contributed by atoms with E-state index in [1.54, 1.807) is 0 Å². The highest BCUT2D eigenvalue weighted by Crippen LogP contribution is 2.38. The predicted molar refractivity (Wildman–Crippen MR) is 259 cm³/mol. The molecule has 9 nitrogen and oxygen atoms in total. The summed E-state index contributed by atoms with van der Waals surface area (Å²) in [7, 11) is 1.13. The molecule has 0 aromatic heterocycles. The van der Waals surface area contributed by atoms with Gasteiger partial charge < -0.3 is 27.9 Å². The highest BCUT2D eigenvalue weighted by molar-refractivity contribution is 7.45. The van der Waals surface area contributed by atoms with Gasteiger partial charge in [0.1, 0.15) is 19.8 Å². The summed E-state index contributed by atoms with van der Waals surface area (Å²) in [5.41, 5.74) is 0. The van der Waals surface area contributed by atoms with Gasteiger partial charge in [-0.25, -0.2) is 0 Å². The van der Waals surface area contributed by atoms with E-state index in [9.17, 15) is 19.0 Å². The van der Waals surface area contributed by atoms with Gasteiger partial charge >= 0.3 is 11.9 Å². The van der Waals surface area contributed by atoms with Gasteiger partial charge in [0.2, 0.25) is 0 Å². The van der Waals surface area contributed by atoms with E-state index >= 15 is 0 Å². The van der Waals surface area contributed by atoms with Gasteiger partial charge in [-0.3, -0.25) is 14.2 Å². The number of hydrogen-bond acceptors (Lipinski definition) is 8. The first kappa shape index (κ1) is 60.0. The second-order valence-electron chi connectivity index (χ2n) is 18.2. The Labute approximate surface area is 382 Å². The van der Waals surface area contributed by atoms with Crippen LogP contribution in [0.5, 0.6) is 0 Å². The van der Waals surface area contributed by atoms with Crippen LogP contribution in [0, 0.1) is 0 Å². The normalized spacial score (nSPS) is 13.8. The van der Waals surface area contributed by atoms with Crippen molar-refractivity contribution < 1.29 is 42.1 Å². The number of hydrogen-bond donors (Lipinski definition) is 0. The van der Waals surface area contributed by atoms with Gasteiger partial charge in [-0.1, -0.05) is 204 Å². The van der Waals surface area contributed by atoms with Crippen molar-refractivity contribution in [2.75, 3.05) is 47.5 Å². The number of nitrogens with zero attached hydrogens (tertiary/aromatic N) is 1. The molecule has 62 heavy (non-hydrogen) atoms. The molecule has 0 bridgehead atoms. The minimum absolute atomic E-state index is 0.0409. The van der Waals surface area contributed by atoms with E-state index in [1.807, 2.05) is 27.2 Å². The largest absolute Gasteiger partial charge is 0.756 e. The molecule has 10 heteroatoms. The monoisotopic (exact) mass is 894 g/mol. The third-order valence-electron chi connectivity index (χ3n) is 10.9. The molecule has 0 aliphatic heterocycles. The van der Waals surface area contributed by atoms with Crippen LogP contribution in [-0.4, -0.2) is 70.0 Å². The number of unbranched alkanes of at least 4 members (excludes halogenated alkanes) is 24. The van der Waals surface area contributed by atoms with Gasteiger partial charge in [0, 0.05) is 12.8 Å². The van der Waals surface area contributed by atoms with E-state index in [1.165, 1.54) is 141 Å². The third kappa shape index (κ3) is 47.4. The van der Waals surface area contributed by atoms with Crippen LogP contribution in [0.3, 0.4) is 0 Å². The standard InChI is InChI=1S/C52H96NO8P/c1-6-8-10-12-14-16-18-20-22-24-25-26-27-29-31-33-35-37-39-41-43-45-52(55)61-50(49-60-62(56,57)59-47-46-53(3,4)5)48-58-51(54)44-42-40-38-36-34-32-30-28-23-21-19-17-15-13-11-9-7-2/h22,24,26-27,31,33,37,39,50H,6-21,23,25,28-30,32,34-36,38,40-49H2,1-5H3/b24-22+,27-26+,33-31+,39-37+/t50-/m1/s1. The Morgan fingerprint density at radius 2 is 0.887 bits per heavy atom. The van der Waals surface area contributed by atoms with Crippen molar-refractivity contribution in [2.24, 2.45) is 0 Å². The number of phosphoric acid groups is 1. The van der Waals surface area contributed by atoms with Crippen molar-refractivity contribution in [2.45, 2.75) is 225 Å². The van der Waals surface area contributed by atoms with Crippen molar-refractivity contribution in [3.63, 3.8) is 0 Å². The Morgan fingerprint density at radius 1 is 0.500 bits per heavy atom. The summed E-state index contributed by atoms with van der Waals surface area (Å²) in [6.07, 6.45) is 52.9. The van der Waals surface area contributed by atoms with E-state index in [0.29, 0.717) is 23.9 Å². The molecule has 0 N–H and O–H groups in total. The highest BCUT2D eigenvalue weighted by Gasteiger charge is 2.21. The van der Waals surface area contributed by atoms with Gasteiger partial charge in [0.05, 0.1) is 27.7 Å². The average Bonchev–Trinajstić information content (AvgIpc) is 3.23. The lowest BCUT2D eigenvalue weighted by molar-refractivity contribution is -0.870. The molecule has 0 aromatic carbocycles. The van der Waals surface area contributed by atoms with Crippen molar-refractivity contribution >= 4 is 19.8 Å². The summed E-state index contributed by atoms with van der Waals surface area (Å²) in [4.78, 5) is 37.7. The van der Waals surface area contributed by atoms with E-state index in [-0.39, 0.29) is 26.1 Å². The maximum absolute atomic E-state index is 12.7. The van der Waals surface area contributed by atoms with Crippen molar-refractivity contribution in [3.8, 4) is 0 Å². The highest BCUT2D eigenvalue weighted by atomic mass is 31.2. The first-order valence-electron chi connectivity index (χ1n) is 25.3. The maximum Gasteiger partial charge on any atom is 0.306 e. The van der Waals surface area contributed by atoms with Crippen LogP contribution >= 0.6 is 7.82 Å². The van der Waals surface area contributed by atoms with Gasteiger partial charge in [0.15, 0.2) is 6.10 Å². The Bertz CT molecular complexity index is 1190. The number of ether oxygens (including phenoxy) is 2. The quantitative estimate of drug-likeness (QED) is 0.0195. The topological polar surface area (TPSA) is 111 Å². The van der Waals surface area contributed by atoms with Crippen LogP contribution in [-0.2, 0) is 32.7 Å². The van der Waals surface area contributed by atoms with Crippen LogP contribution in [0.15, 0.2) is 48.6 Å². The van der Waals surface area contributed by atoms with Crippen LogP contribution < -0.4 is 4.89 Å². The first-order valence-corrected chi connectivity index (χ1v) is 26.8. The van der Waals surface area contributed by atoms with Crippen LogP contribution in [0.2, 0.25) is 0 Å². The molecular weight excluding hydrogens is 798 g/mol. The molecule has 0 spiro atoms. The van der Waals surface area contributed by atoms with Crippen molar-refractivity contribution in [3.05, 3.63) is 48.6 Å². The molecule has 0 fully saturated rings. The molecule has 0 rings (SSSR count). The summed E-state index contributed by atoms with van der Waals surface area (Å²) in [6.45, 7) is 4.19. The van der Waals surface area contributed by atoms with Gasteiger partial charge in [0.25, 0.3) is 7.82 Å².